The Morgan fingerprint density at radius 3 is 2.16 bits per heavy atom. The van der Waals surface area contributed by atoms with Crippen molar-refractivity contribution in [2.75, 3.05) is 12.0 Å². The van der Waals surface area contributed by atoms with E-state index >= 15 is 0 Å². The molecule has 0 radical (unpaired) electrons. The lowest BCUT2D eigenvalue weighted by Gasteiger charge is -2.23. The van der Waals surface area contributed by atoms with Crippen molar-refractivity contribution >= 4 is 22.8 Å². The molecule has 1 aromatic heterocycles. The lowest BCUT2D eigenvalue weighted by Crippen LogP contribution is -2.22. The molecule has 0 atom stereocenters. The minimum absolute atomic E-state index is 0.215. The molecule has 7 heteroatoms. The number of esters is 1. The van der Waals surface area contributed by atoms with Gasteiger partial charge >= 0.3 is 5.97 Å². The number of halogens is 2. The number of furan rings is 1. The monoisotopic (exact) mass is 432 g/mol. The van der Waals surface area contributed by atoms with Crippen LogP contribution in [0.4, 0.5) is 14.7 Å². The van der Waals surface area contributed by atoms with Crippen LogP contribution in [0.5, 0.6) is 0 Å². The lowest BCUT2D eigenvalue weighted by molar-refractivity contribution is 0.0601. The van der Waals surface area contributed by atoms with E-state index in [4.69, 9.17) is 9.15 Å². The number of methoxy groups -OCH3 is 1. The molecule has 0 N–H and O–H groups in total. The molecule has 5 nitrogen and oxygen atoms in total. The van der Waals surface area contributed by atoms with Crippen molar-refractivity contribution in [2.24, 2.45) is 0 Å². The maximum absolute atomic E-state index is 13.8. The molecule has 0 aliphatic carbocycles. The van der Waals surface area contributed by atoms with E-state index < -0.39 is 5.97 Å². The fraction of sp³-hybridized carbons (Fsp3) is 0.120. The van der Waals surface area contributed by atoms with Gasteiger partial charge in [-0.25, -0.2) is 13.6 Å². The molecule has 0 saturated carbocycles. The van der Waals surface area contributed by atoms with E-state index in [9.17, 15) is 18.8 Å². The predicted molar refractivity (Wildman–Crippen MR) is 115 cm³/mol. The third-order valence-corrected chi connectivity index (χ3v) is 5.01. The van der Waals surface area contributed by atoms with Crippen molar-refractivity contribution in [3.63, 3.8) is 0 Å². The third kappa shape index (κ3) is 4.30. The van der Waals surface area contributed by atoms with Crippen molar-refractivity contribution in [3.05, 3.63) is 101 Å². The number of benzene rings is 3. The van der Waals surface area contributed by atoms with Crippen molar-refractivity contribution in [1.82, 2.24) is 0 Å². The van der Waals surface area contributed by atoms with E-state index in [2.05, 4.69) is 6.07 Å². The van der Waals surface area contributed by atoms with Gasteiger partial charge in [-0.05, 0) is 53.6 Å². The first kappa shape index (κ1) is 21.1. The summed E-state index contributed by atoms with van der Waals surface area (Å²) in [6.45, 7) is 0.430. The van der Waals surface area contributed by atoms with Gasteiger partial charge in [0.1, 0.15) is 28.9 Å². The molecule has 160 valence electrons. The molecule has 1 heterocycles. The van der Waals surface area contributed by atoms with E-state index in [1.807, 2.05) is 0 Å². The summed E-state index contributed by atoms with van der Waals surface area (Å²) in [5, 5.41) is 10.3. The number of fused-ring (bicyclic) bond motifs is 1. The zero-order chi connectivity index (χ0) is 22.7. The quantitative estimate of drug-likeness (QED) is 0.372. The Hall–Kier alpha value is -4.18. The molecule has 3 aromatic carbocycles. The summed E-state index contributed by atoms with van der Waals surface area (Å²) in [6, 6.07) is 19.0. The van der Waals surface area contributed by atoms with Crippen molar-refractivity contribution < 1.29 is 22.7 Å². The Labute approximate surface area is 183 Å². The van der Waals surface area contributed by atoms with Gasteiger partial charge in [0.05, 0.1) is 12.7 Å². The molecule has 0 aliphatic heterocycles. The van der Waals surface area contributed by atoms with Crippen LogP contribution in [0.1, 0.15) is 27.0 Å². The van der Waals surface area contributed by atoms with Gasteiger partial charge in [0.25, 0.3) is 0 Å². The van der Waals surface area contributed by atoms with Crippen LogP contribution in [0, 0.1) is 23.0 Å². The van der Waals surface area contributed by atoms with Crippen molar-refractivity contribution in [3.8, 4) is 6.07 Å². The number of carbonyl (C=O) groups excluding carboxylic acids is 1. The van der Waals surface area contributed by atoms with Crippen LogP contribution in [0.3, 0.4) is 0 Å². The average Bonchev–Trinajstić information content (AvgIpc) is 3.16. The molecule has 0 saturated heterocycles. The second-order valence-electron chi connectivity index (χ2n) is 7.21. The molecule has 4 rings (SSSR count). The molecule has 0 aliphatic rings. The van der Waals surface area contributed by atoms with Gasteiger partial charge < -0.3 is 14.1 Å². The summed E-state index contributed by atoms with van der Waals surface area (Å²) >= 11 is 0. The zero-order valence-corrected chi connectivity index (χ0v) is 17.1. The largest absolute Gasteiger partial charge is 0.465 e. The highest BCUT2D eigenvalue weighted by Crippen LogP contribution is 2.34. The first-order valence-corrected chi connectivity index (χ1v) is 9.77. The topological polar surface area (TPSA) is 66.5 Å². The van der Waals surface area contributed by atoms with E-state index in [0.717, 1.165) is 0 Å². The molecule has 0 fully saturated rings. The van der Waals surface area contributed by atoms with Gasteiger partial charge in [0.15, 0.2) is 0 Å². The molecule has 32 heavy (non-hydrogen) atoms. The van der Waals surface area contributed by atoms with Crippen LogP contribution < -0.4 is 4.90 Å². The number of nitriles is 1. The van der Waals surface area contributed by atoms with Crippen LogP contribution in [0.25, 0.3) is 11.0 Å². The third-order valence-electron chi connectivity index (χ3n) is 5.01. The summed E-state index contributed by atoms with van der Waals surface area (Å²) in [5.41, 5.74) is 2.22. The molecule has 4 aromatic rings. The lowest BCUT2D eigenvalue weighted by atomic mass is 10.1. The van der Waals surface area contributed by atoms with Crippen LogP contribution in [-0.2, 0) is 17.8 Å². The van der Waals surface area contributed by atoms with E-state index in [0.29, 0.717) is 22.1 Å². The van der Waals surface area contributed by atoms with E-state index in [1.165, 1.54) is 37.4 Å². The number of rotatable bonds is 6. The van der Waals surface area contributed by atoms with Crippen LogP contribution in [0.2, 0.25) is 0 Å². The summed E-state index contributed by atoms with van der Waals surface area (Å²) in [4.78, 5) is 13.7. The molecular formula is C25H18F2N2O3. The molecule has 0 bridgehead atoms. The Bertz CT molecular complexity index is 1290. The molecule has 0 unspecified atom stereocenters. The minimum Gasteiger partial charge on any atom is -0.465 e. The normalized spacial score (nSPS) is 10.7. The van der Waals surface area contributed by atoms with E-state index in [-0.39, 0.29) is 41.7 Å². The average molecular weight is 432 g/mol. The standard InChI is InChI=1S/C25H18F2N2O3/c1-31-25(30)18-8-9-23-21(12-18)22(13-28)24(32-23)29(14-16-4-2-6-19(26)10-16)15-17-5-3-7-20(27)11-17/h2-12H,14-15H2,1H3. The zero-order valence-electron chi connectivity index (χ0n) is 17.1. The highest BCUT2D eigenvalue weighted by Gasteiger charge is 2.22. The number of hydrogen-bond acceptors (Lipinski definition) is 5. The van der Waals surface area contributed by atoms with Crippen LogP contribution in [0.15, 0.2) is 71.1 Å². The Morgan fingerprint density at radius 2 is 1.62 bits per heavy atom. The number of ether oxygens (including phenoxy) is 1. The molecule has 0 spiro atoms. The molecular weight excluding hydrogens is 414 g/mol. The number of carbonyl (C=O) groups is 1. The first-order chi connectivity index (χ1) is 15.5. The van der Waals surface area contributed by atoms with Gasteiger partial charge in [-0.3, -0.25) is 0 Å². The Kier molecular flexibility index (Phi) is 5.86. The van der Waals surface area contributed by atoms with Gasteiger partial charge in [0, 0.05) is 18.5 Å². The Balaban J connectivity index is 1.82. The van der Waals surface area contributed by atoms with E-state index in [1.54, 1.807) is 41.3 Å². The maximum Gasteiger partial charge on any atom is 0.337 e. The van der Waals surface area contributed by atoms with Gasteiger partial charge in [0.2, 0.25) is 5.88 Å². The number of nitrogens with zero attached hydrogens (tertiary/aromatic N) is 2. The minimum atomic E-state index is -0.532. The first-order valence-electron chi connectivity index (χ1n) is 9.77. The number of hydrogen-bond donors (Lipinski definition) is 0. The smallest absolute Gasteiger partial charge is 0.337 e. The maximum atomic E-state index is 13.8. The molecule has 0 amide bonds. The second kappa shape index (κ2) is 8.90. The van der Waals surface area contributed by atoms with Crippen LogP contribution >= 0.6 is 0 Å². The number of anilines is 1. The highest BCUT2D eigenvalue weighted by molar-refractivity contribution is 5.97. The van der Waals surface area contributed by atoms with Crippen LogP contribution in [-0.4, -0.2) is 13.1 Å². The summed E-state index contributed by atoms with van der Waals surface area (Å²) in [6.07, 6.45) is 0. The van der Waals surface area contributed by atoms with Crippen molar-refractivity contribution in [1.29, 1.82) is 5.26 Å². The van der Waals surface area contributed by atoms with Gasteiger partial charge in [-0.2, -0.15) is 5.26 Å². The highest BCUT2D eigenvalue weighted by atomic mass is 19.1. The Morgan fingerprint density at radius 1 is 1.00 bits per heavy atom. The fourth-order valence-electron chi connectivity index (χ4n) is 3.57. The van der Waals surface area contributed by atoms with Gasteiger partial charge in [-0.15, -0.1) is 0 Å². The summed E-state index contributed by atoms with van der Waals surface area (Å²) in [5.74, 6) is -1.06. The predicted octanol–water partition coefficient (Wildman–Crippen LogP) is 5.58. The van der Waals surface area contributed by atoms with Crippen molar-refractivity contribution in [2.45, 2.75) is 13.1 Å². The second-order valence-corrected chi connectivity index (χ2v) is 7.21. The summed E-state index contributed by atoms with van der Waals surface area (Å²) in [7, 11) is 1.28. The fourth-order valence-corrected chi connectivity index (χ4v) is 3.57. The summed E-state index contributed by atoms with van der Waals surface area (Å²) < 4.78 is 38.3. The van der Waals surface area contributed by atoms with Gasteiger partial charge in [-0.1, -0.05) is 24.3 Å². The SMILES string of the molecule is COC(=O)c1ccc2oc(N(Cc3cccc(F)c3)Cc3cccc(F)c3)c(C#N)c2c1.